The molecule has 0 atom stereocenters. The summed E-state index contributed by atoms with van der Waals surface area (Å²) in [6.45, 7) is 10.5. The van der Waals surface area contributed by atoms with Crippen molar-refractivity contribution in [2.45, 2.75) is 58.7 Å². The fourth-order valence-electron chi connectivity index (χ4n) is 2.18. The van der Waals surface area contributed by atoms with Crippen molar-refractivity contribution in [3.05, 3.63) is 10.9 Å². The number of ether oxygens (including phenoxy) is 1. The molecule has 0 aromatic carbocycles. The van der Waals surface area contributed by atoms with Gasteiger partial charge in [-0.2, -0.15) is 0 Å². The van der Waals surface area contributed by atoms with E-state index >= 15 is 0 Å². The highest BCUT2D eigenvalue weighted by Crippen LogP contribution is 2.38. The second-order valence-corrected chi connectivity index (χ2v) is 7.52. The molecule has 1 aromatic heterocycles. The van der Waals surface area contributed by atoms with Gasteiger partial charge in [0.1, 0.15) is 5.75 Å². The lowest BCUT2D eigenvalue weighted by atomic mass is 9.88. The van der Waals surface area contributed by atoms with E-state index in [4.69, 9.17) is 19.2 Å². The summed E-state index contributed by atoms with van der Waals surface area (Å²) in [5.41, 5.74) is -0.788. The lowest BCUT2D eigenvalue weighted by Gasteiger charge is -2.32. The van der Waals surface area contributed by atoms with Crippen molar-refractivity contribution in [2.75, 3.05) is 6.61 Å². The molecule has 0 unspecified atom stereocenters. The van der Waals surface area contributed by atoms with Gasteiger partial charge in [-0.25, -0.2) is 0 Å². The maximum atomic E-state index is 10.8. The Morgan fingerprint density at radius 3 is 2.41 bits per heavy atom. The molecule has 1 aliphatic heterocycles. The van der Waals surface area contributed by atoms with Crippen LogP contribution in [0.1, 0.15) is 45.9 Å². The van der Waals surface area contributed by atoms with Gasteiger partial charge < -0.3 is 19.2 Å². The van der Waals surface area contributed by atoms with E-state index in [2.05, 4.69) is 0 Å². The average molecular weight is 326 g/mol. The smallest absolute Gasteiger partial charge is 0.493 e. The molecule has 5 nitrogen and oxygen atoms in total. The Morgan fingerprint density at radius 1 is 1.32 bits per heavy atom. The normalized spacial score (nSPS) is 19.4. The van der Waals surface area contributed by atoms with Crippen LogP contribution in [-0.2, 0) is 20.5 Å². The Kier molecular flexibility index (Phi) is 4.89. The van der Waals surface area contributed by atoms with Crippen molar-refractivity contribution >= 4 is 29.2 Å². The van der Waals surface area contributed by atoms with Crippen molar-refractivity contribution < 1.29 is 23.9 Å². The Morgan fingerprint density at radius 2 is 1.91 bits per heavy atom. The minimum absolute atomic E-state index is 0.0867. The first kappa shape index (κ1) is 17.3. The van der Waals surface area contributed by atoms with E-state index in [0.29, 0.717) is 13.0 Å². The highest BCUT2D eigenvalue weighted by Gasteiger charge is 2.52. The summed E-state index contributed by atoms with van der Waals surface area (Å²) in [7, 11) is -0.437. The maximum absolute atomic E-state index is 10.8. The number of hydrogen-bond acceptors (Lipinski definition) is 5. The molecule has 0 spiro atoms. The molecule has 0 bridgehead atoms. The van der Waals surface area contributed by atoms with Crippen LogP contribution in [0.2, 0.25) is 0 Å². The highest BCUT2D eigenvalue weighted by molar-refractivity contribution is 7.22. The van der Waals surface area contributed by atoms with Gasteiger partial charge in [0, 0.05) is 9.65 Å². The standard InChI is InChI=1S/C15H23BO5S/c1-6-19-10-9-12(22-11(10)7-8-13(17)18)16-20-14(2,3)15(4,5)21-16/h9H,6-8H2,1-5H3,(H,17,18). The number of rotatable bonds is 6. The third-order valence-electron chi connectivity index (χ3n) is 4.14. The number of carboxylic acids is 1. The van der Waals surface area contributed by atoms with Gasteiger partial charge in [-0.1, -0.05) is 0 Å². The van der Waals surface area contributed by atoms with E-state index < -0.39 is 24.3 Å². The van der Waals surface area contributed by atoms with Crippen molar-refractivity contribution in [2.24, 2.45) is 0 Å². The van der Waals surface area contributed by atoms with Crippen LogP contribution in [0.3, 0.4) is 0 Å². The zero-order valence-electron chi connectivity index (χ0n) is 13.8. The average Bonchev–Trinajstić information content (AvgIpc) is 2.87. The quantitative estimate of drug-likeness (QED) is 0.814. The van der Waals surface area contributed by atoms with Crippen molar-refractivity contribution in [1.82, 2.24) is 0 Å². The number of carbonyl (C=O) groups is 1. The van der Waals surface area contributed by atoms with Crippen LogP contribution in [0.5, 0.6) is 5.75 Å². The summed E-state index contributed by atoms with van der Waals surface area (Å²) in [5.74, 6) is -0.0773. The SMILES string of the molecule is CCOc1cc(B2OC(C)(C)C(C)(C)O2)sc1CCC(=O)O. The topological polar surface area (TPSA) is 65.0 Å². The molecule has 0 amide bonds. The van der Waals surface area contributed by atoms with Gasteiger partial charge in [-0.15, -0.1) is 11.3 Å². The van der Waals surface area contributed by atoms with Crippen LogP contribution in [-0.4, -0.2) is 36.0 Å². The van der Waals surface area contributed by atoms with Gasteiger partial charge in [-0.3, -0.25) is 4.79 Å². The summed E-state index contributed by atoms with van der Waals surface area (Å²) in [6, 6.07) is 1.91. The van der Waals surface area contributed by atoms with Crippen LogP contribution in [0.15, 0.2) is 6.07 Å². The molecule has 0 aliphatic carbocycles. The molecule has 1 fully saturated rings. The third kappa shape index (κ3) is 3.47. The molecular formula is C15H23BO5S. The molecule has 0 saturated carbocycles. The Labute approximate surface area is 135 Å². The molecule has 22 heavy (non-hydrogen) atoms. The van der Waals surface area contributed by atoms with Gasteiger partial charge in [-0.05, 0) is 47.1 Å². The third-order valence-corrected chi connectivity index (χ3v) is 5.34. The van der Waals surface area contributed by atoms with Crippen LogP contribution >= 0.6 is 11.3 Å². The van der Waals surface area contributed by atoms with Crippen molar-refractivity contribution in [1.29, 1.82) is 0 Å². The second kappa shape index (κ2) is 6.22. The first-order chi connectivity index (χ1) is 10.2. The number of thiophene rings is 1. The molecular weight excluding hydrogens is 303 g/mol. The minimum Gasteiger partial charge on any atom is -0.493 e. The second-order valence-electron chi connectivity index (χ2n) is 6.35. The van der Waals surface area contributed by atoms with Gasteiger partial charge in [0.2, 0.25) is 0 Å². The summed E-state index contributed by atoms with van der Waals surface area (Å²) < 4.78 is 18.6. The molecule has 0 radical (unpaired) electrons. The lowest BCUT2D eigenvalue weighted by molar-refractivity contribution is -0.136. The number of carboxylic acid groups (broad SMARTS) is 1. The predicted octanol–water partition coefficient (Wildman–Crippen LogP) is 2.46. The van der Waals surface area contributed by atoms with Crippen LogP contribution in [0.25, 0.3) is 0 Å². The molecule has 2 heterocycles. The Bertz CT molecular complexity index is 536. The summed E-state index contributed by atoms with van der Waals surface area (Å²) in [5, 5.41) is 8.87. The van der Waals surface area contributed by atoms with Crippen LogP contribution in [0, 0.1) is 0 Å². The summed E-state index contributed by atoms with van der Waals surface area (Å²) in [6.07, 6.45) is 0.540. The first-order valence-electron chi connectivity index (χ1n) is 7.49. The van der Waals surface area contributed by atoms with E-state index in [9.17, 15) is 4.79 Å². The molecule has 7 heteroatoms. The minimum atomic E-state index is -0.812. The number of aliphatic carboxylic acids is 1. The van der Waals surface area contributed by atoms with Crippen LogP contribution < -0.4 is 9.51 Å². The summed E-state index contributed by atoms with van der Waals surface area (Å²) in [4.78, 5) is 11.7. The van der Waals surface area contributed by atoms with Gasteiger partial charge in [0.15, 0.2) is 0 Å². The Hall–Kier alpha value is -1.05. The molecule has 1 aliphatic rings. The molecule has 1 aromatic rings. The zero-order chi connectivity index (χ0) is 16.5. The largest absolute Gasteiger partial charge is 0.505 e. The van der Waals surface area contributed by atoms with Crippen molar-refractivity contribution in [3.8, 4) is 5.75 Å². The highest BCUT2D eigenvalue weighted by atomic mass is 32.1. The molecule has 122 valence electrons. The maximum Gasteiger partial charge on any atom is 0.505 e. The number of hydrogen-bond donors (Lipinski definition) is 1. The summed E-state index contributed by atoms with van der Waals surface area (Å²) >= 11 is 1.50. The number of aryl methyl sites for hydroxylation is 1. The first-order valence-corrected chi connectivity index (χ1v) is 8.31. The van der Waals surface area contributed by atoms with Gasteiger partial charge in [0.25, 0.3) is 0 Å². The van der Waals surface area contributed by atoms with Gasteiger partial charge in [0.05, 0.1) is 24.2 Å². The Balaban J connectivity index is 2.22. The van der Waals surface area contributed by atoms with E-state index in [1.807, 2.05) is 40.7 Å². The van der Waals surface area contributed by atoms with E-state index in [1.54, 1.807) is 0 Å². The van der Waals surface area contributed by atoms with E-state index in [-0.39, 0.29) is 6.42 Å². The van der Waals surface area contributed by atoms with Crippen LogP contribution in [0.4, 0.5) is 0 Å². The molecule has 1 N–H and O–H groups in total. The fraction of sp³-hybridized carbons (Fsp3) is 0.667. The van der Waals surface area contributed by atoms with Crippen molar-refractivity contribution in [3.63, 3.8) is 0 Å². The molecule has 2 rings (SSSR count). The van der Waals surface area contributed by atoms with E-state index in [0.717, 1.165) is 15.4 Å². The lowest BCUT2D eigenvalue weighted by Crippen LogP contribution is -2.41. The molecule has 1 saturated heterocycles. The zero-order valence-corrected chi connectivity index (χ0v) is 14.6. The monoisotopic (exact) mass is 326 g/mol. The predicted molar refractivity (Wildman–Crippen MR) is 87.2 cm³/mol. The van der Waals surface area contributed by atoms with E-state index in [1.165, 1.54) is 11.3 Å². The fourth-order valence-corrected chi connectivity index (χ4v) is 3.24. The van der Waals surface area contributed by atoms with Gasteiger partial charge >= 0.3 is 13.1 Å².